The average Bonchev–Trinajstić information content (AvgIpc) is 2.47. The van der Waals surface area contributed by atoms with E-state index in [1.54, 1.807) is 4.90 Å². The molecule has 1 saturated heterocycles. The minimum Gasteiger partial charge on any atom is -0.382 e. The maximum Gasteiger partial charge on any atom is 0.245 e. The SMILES string of the molecule is CCCC1NC(=O)C(C(C)CC)N(CCCOCC)C1=O. The van der Waals surface area contributed by atoms with Gasteiger partial charge in [0.05, 0.1) is 0 Å². The van der Waals surface area contributed by atoms with Gasteiger partial charge in [-0.2, -0.15) is 0 Å². The average molecular weight is 298 g/mol. The minimum absolute atomic E-state index is 0.00110. The van der Waals surface area contributed by atoms with Crippen molar-refractivity contribution in [3.8, 4) is 0 Å². The number of carbonyl (C=O) groups excluding carboxylic acids is 2. The molecule has 0 saturated carbocycles. The number of nitrogens with zero attached hydrogens (tertiary/aromatic N) is 1. The second-order valence-electron chi connectivity index (χ2n) is 5.76. The van der Waals surface area contributed by atoms with Gasteiger partial charge in [-0.15, -0.1) is 0 Å². The Morgan fingerprint density at radius 3 is 2.57 bits per heavy atom. The van der Waals surface area contributed by atoms with Gasteiger partial charge in [-0.05, 0) is 25.7 Å². The summed E-state index contributed by atoms with van der Waals surface area (Å²) in [5.74, 6) is 0.237. The van der Waals surface area contributed by atoms with Crippen LogP contribution in [0.4, 0.5) is 0 Å². The molecule has 0 spiro atoms. The lowest BCUT2D eigenvalue weighted by atomic mass is 9.92. The van der Waals surface area contributed by atoms with Gasteiger partial charge < -0.3 is 15.0 Å². The molecule has 0 aromatic heterocycles. The van der Waals surface area contributed by atoms with Gasteiger partial charge in [-0.1, -0.05) is 33.6 Å². The van der Waals surface area contributed by atoms with Crippen molar-refractivity contribution >= 4 is 11.8 Å². The highest BCUT2D eigenvalue weighted by molar-refractivity contribution is 5.97. The molecule has 1 fully saturated rings. The maximum absolute atomic E-state index is 12.6. The number of hydrogen-bond acceptors (Lipinski definition) is 3. The van der Waals surface area contributed by atoms with Gasteiger partial charge >= 0.3 is 0 Å². The molecule has 21 heavy (non-hydrogen) atoms. The summed E-state index contributed by atoms with van der Waals surface area (Å²) in [7, 11) is 0. The molecule has 1 N–H and O–H groups in total. The number of nitrogens with one attached hydrogen (secondary N) is 1. The summed E-state index contributed by atoms with van der Waals surface area (Å²) in [5.41, 5.74) is 0. The predicted octanol–water partition coefficient (Wildman–Crippen LogP) is 1.95. The lowest BCUT2D eigenvalue weighted by molar-refractivity contribution is -0.151. The normalized spacial score (nSPS) is 24.1. The Morgan fingerprint density at radius 2 is 2.00 bits per heavy atom. The quantitative estimate of drug-likeness (QED) is 0.662. The Hall–Kier alpha value is -1.10. The fraction of sp³-hybridized carbons (Fsp3) is 0.875. The number of carbonyl (C=O) groups is 2. The monoisotopic (exact) mass is 298 g/mol. The topological polar surface area (TPSA) is 58.6 Å². The van der Waals surface area contributed by atoms with Crippen LogP contribution < -0.4 is 5.32 Å². The van der Waals surface area contributed by atoms with E-state index in [-0.39, 0.29) is 29.8 Å². The summed E-state index contributed by atoms with van der Waals surface area (Å²) in [6.45, 7) is 9.99. The fourth-order valence-corrected chi connectivity index (χ4v) is 2.80. The van der Waals surface area contributed by atoms with Crippen molar-refractivity contribution in [2.24, 2.45) is 5.92 Å². The van der Waals surface area contributed by atoms with Gasteiger partial charge in [-0.3, -0.25) is 9.59 Å². The van der Waals surface area contributed by atoms with Gasteiger partial charge in [0.1, 0.15) is 12.1 Å². The Balaban J connectivity index is 2.79. The van der Waals surface area contributed by atoms with E-state index in [4.69, 9.17) is 4.74 Å². The highest BCUT2D eigenvalue weighted by Gasteiger charge is 2.41. The molecule has 122 valence electrons. The smallest absolute Gasteiger partial charge is 0.245 e. The van der Waals surface area contributed by atoms with Crippen LogP contribution in [0.2, 0.25) is 0 Å². The Morgan fingerprint density at radius 1 is 1.29 bits per heavy atom. The van der Waals surface area contributed by atoms with Crippen LogP contribution in [0.3, 0.4) is 0 Å². The van der Waals surface area contributed by atoms with E-state index < -0.39 is 0 Å². The summed E-state index contributed by atoms with van der Waals surface area (Å²) < 4.78 is 5.34. The van der Waals surface area contributed by atoms with E-state index in [0.717, 1.165) is 19.3 Å². The minimum atomic E-state index is -0.352. The first-order valence-electron chi connectivity index (χ1n) is 8.25. The van der Waals surface area contributed by atoms with Crippen LogP contribution in [0, 0.1) is 5.92 Å². The Labute approximate surface area is 128 Å². The third-order valence-corrected chi connectivity index (χ3v) is 4.15. The molecule has 2 amide bonds. The van der Waals surface area contributed by atoms with Crippen LogP contribution in [-0.4, -0.2) is 48.6 Å². The fourth-order valence-electron chi connectivity index (χ4n) is 2.80. The third-order valence-electron chi connectivity index (χ3n) is 4.15. The van der Waals surface area contributed by atoms with E-state index >= 15 is 0 Å². The molecular weight excluding hydrogens is 268 g/mol. The predicted molar refractivity (Wildman–Crippen MR) is 82.9 cm³/mol. The first-order chi connectivity index (χ1) is 10.1. The summed E-state index contributed by atoms with van der Waals surface area (Å²) in [4.78, 5) is 26.8. The van der Waals surface area contributed by atoms with E-state index in [9.17, 15) is 9.59 Å². The number of amides is 2. The molecule has 3 unspecified atom stereocenters. The Bertz CT molecular complexity index is 346. The molecule has 0 bridgehead atoms. The largest absolute Gasteiger partial charge is 0.382 e. The van der Waals surface area contributed by atoms with E-state index in [1.807, 2.05) is 20.8 Å². The van der Waals surface area contributed by atoms with Crippen molar-refractivity contribution in [3.05, 3.63) is 0 Å². The second kappa shape index (κ2) is 9.03. The van der Waals surface area contributed by atoms with Crippen molar-refractivity contribution in [1.29, 1.82) is 0 Å². The Kier molecular flexibility index (Phi) is 7.72. The van der Waals surface area contributed by atoms with E-state index in [2.05, 4.69) is 12.2 Å². The van der Waals surface area contributed by atoms with E-state index in [0.29, 0.717) is 26.2 Å². The molecule has 0 aromatic rings. The number of piperazine rings is 1. The summed E-state index contributed by atoms with van der Waals surface area (Å²) in [6.07, 6.45) is 3.25. The lowest BCUT2D eigenvalue weighted by Gasteiger charge is -2.41. The molecule has 5 heteroatoms. The molecule has 5 nitrogen and oxygen atoms in total. The molecule has 0 aliphatic carbocycles. The maximum atomic E-state index is 12.6. The van der Waals surface area contributed by atoms with Crippen LogP contribution in [0.1, 0.15) is 53.4 Å². The van der Waals surface area contributed by atoms with Gasteiger partial charge in [0.15, 0.2) is 0 Å². The van der Waals surface area contributed by atoms with Gasteiger partial charge in [0.25, 0.3) is 0 Å². The second-order valence-corrected chi connectivity index (χ2v) is 5.76. The van der Waals surface area contributed by atoms with Crippen LogP contribution in [0.5, 0.6) is 0 Å². The van der Waals surface area contributed by atoms with Crippen molar-refractivity contribution in [2.45, 2.75) is 65.5 Å². The lowest BCUT2D eigenvalue weighted by Crippen LogP contribution is -2.65. The zero-order valence-electron chi connectivity index (χ0n) is 13.9. The first kappa shape index (κ1) is 18.0. The molecule has 1 rings (SSSR count). The number of hydrogen-bond donors (Lipinski definition) is 1. The van der Waals surface area contributed by atoms with Gasteiger partial charge in [-0.25, -0.2) is 0 Å². The summed E-state index contributed by atoms with van der Waals surface area (Å²) in [5, 5.41) is 2.90. The van der Waals surface area contributed by atoms with Crippen LogP contribution in [0.25, 0.3) is 0 Å². The molecule has 1 aliphatic heterocycles. The van der Waals surface area contributed by atoms with Crippen LogP contribution >= 0.6 is 0 Å². The highest BCUT2D eigenvalue weighted by atomic mass is 16.5. The van der Waals surface area contributed by atoms with Gasteiger partial charge in [0, 0.05) is 19.8 Å². The summed E-state index contributed by atoms with van der Waals surface area (Å²) in [6, 6.07) is -0.688. The third kappa shape index (κ3) is 4.70. The standard InChI is InChI=1S/C16H30N2O3/c1-5-9-13-16(20)18(10-8-11-21-7-3)14(12(4)6-2)15(19)17-13/h12-14H,5-11H2,1-4H3,(H,17,19). The van der Waals surface area contributed by atoms with Crippen LogP contribution in [0.15, 0.2) is 0 Å². The van der Waals surface area contributed by atoms with Gasteiger partial charge in [0.2, 0.25) is 11.8 Å². The van der Waals surface area contributed by atoms with Crippen molar-refractivity contribution in [3.63, 3.8) is 0 Å². The molecule has 3 atom stereocenters. The molecule has 0 aromatic carbocycles. The van der Waals surface area contributed by atoms with Crippen molar-refractivity contribution < 1.29 is 14.3 Å². The zero-order valence-corrected chi connectivity index (χ0v) is 13.9. The molecule has 1 heterocycles. The number of rotatable bonds is 9. The van der Waals surface area contributed by atoms with Crippen molar-refractivity contribution in [1.82, 2.24) is 10.2 Å². The molecular formula is C16H30N2O3. The van der Waals surface area contributed by atoms with E-state index in [1.165, 1.54) is 0 Å². The highest BCUT2D eigenvalue weighted by Crippen LogP contribution is 2.21. The van der Waals surface area contributed by atoms with Crippen LogP contribution in [-0.2, 0) is 14.3 Å². The van der Waals surface area contributed by atoms with Crippen molar-refractivity contribution in [2.75, 3.05) is 19.8 Å². The number of ether oxygens (including phenoxy) is 1. The summed E-state index contributed by atoms with van der Waals surface area (Å²) >= 11 is 0. The molecule has 0 radical (unpaired) electrons. The molecule has 1 aliphatic rings. The zero-order chi connectivity index (χ0) is 15.8. The first-order valence-corrected chi connectivity index (χ1v) is 8.25.